The van der Waals surface area contributed by atoms with E-state index >= 15 is 0 Å². The van der Waals surface area contributed by atoms with E-state index in [-0.39, 0.29) is 33.1 Å². The van der Waals surface area contributed by atoms with E-state index in [2.05, 4.69) is 161 Å². The average molecular weight is 713 g/mol. The summed E-state index contributed by atoms with van der Waals surface area (Å²) < 4.78 is 0. The molecule has 3 aromatic carbocycles. The molecule has 5 rings (SSSR count). The summed E-state index contributed by atoms with van der Waals surface area (Å²) in [5, 5.41) is 0. The van der Waals surface area contributed by atoms with Crippen LogP contribution in [0.25, 0.3) is 0 Å². The summed E-state index contributed by atoms with van der Waals surface area (Å²) in [5.74, 6) is 2.41. The van der Waals surface area contributed by atoms with E-state index in [1.807, 2.05) is 0 Å². The van der Waals surface area contributed by atoms with Crippen molar-refractivity contribution in [1.29, 1.82) is 0 Å². The maximum Gasteiger partial charge on any atom is -0.0126 e. The van der Waals surface area contributed by atoms with Gasteiger partial charge in [0.25, 0.3) is 0 Å². The molecule has 2 aliphatic carbocycles. The largest absolute Gasteiger partial charge is 0.0776 e. The first kappa shape index (κ1) is 49.7. The predicted octanol–water partition coefficient (Wildman–Crippen LogP) is 16.6. The molecule has 0 atom stereocenters. The molecule has 0 radical (unpaired) electrons. The van der Waals surface area contributed by atoms with Crippen LogP contribution in [0.4, 0.5) is 0 Å². The van der Waals surface area contributed by atoms with E-state index in [1.54, 1.807) is 38.9 Å². The number of rotatable bonds is 4. The van der Waals surface area contributed by atoms with Crippen molar-refractivity contribution in [2.75, 3.05) is 0 Å². The highest BCUT2D eigenvalue weighted by Gasteiger charge is 2.30. The number of benzene rings is 3. The Balaban J connectivity index is 0.000000729. The first-order valence-electron chi connectivity index (χ1n) is 19.9. The molecule has 0 unspecified atom stereocenters. The van der Waals surface area contributed by atoms with Gasteiger partial charge in [0.1, 0.15) is 0 Å². The minimum atomic E-state index is 0. The lowest BCUT2D eigenvalue weighted by Crippen LogP contribution is -2.19. The Morgan fingerprint density at radius 2 is 0.731 bits per heavy atom. The van der Waals surface area contributed by atoms with Gasteiger partial charge in [-0.05, 0) is 147 Å². The summed E-state index contributed by atoms with van der Waals surface area (Å²) in [6.07, 6.45) is 8.06. The number of fused-ring (bicyclic) bond motifs is 2. The first-order chi connectivity index (χ1) is 22.5. The highest BCUT2D eigenvalue weighted by molar-refractivity contribution is 5.53. The minimum absolute atomic E-state index is 0. The average Bonchev–Trinajstić information content (AvgIpc) is 3.62. The third-order valence-corrected chi connectivity index (χ3v) is 10.7. The Bertz CT molecular complexity index is 1460. The van der Waals surface area contributed by atoms with Gasteiger partial charge >= 0.3 is 0 Å². The van der Waals surface area contributed by atoms with E-state index in [0.29, 0.717) is 29.1 Å². The van der Waals surface area contributed by atoms with Crippen LogP contribution in [0.1, 0.15) is 243 Å². The summed E-state index contributed by atoms with van der Waals surface area (Å²) >= 11 is 0. The van der Waals surface area contributed by atoms with Crippen LogP contribution in [0.15, 0.2) is 36.4 Å². The second-order valence-corrected chi connectivity index (χ2v) is 19.7. The molecule has 0 aliphatic heterocycles. The van der Waals surface area contributed by atoms with Gasteiger partial charge < -0.3 is 0 Å². The second kappa shape index (κ2) is 19.3. The molecule has 0 heteroatoms. The maximum atomic E-state index is 2.53. The number of hydrogen-bond donors (Lipinski definition) is 0. The summed E-state index contributed by atoms with van der Waals surface area (Å²) in [7, 11) is 0. The molecule has 296 valence electrons. The zero-order chi connectivity index (χ0) is 37.2. The standard InChI is InChI=1S/C17H28.C16H22.C16H26.3CH4/c1-11(2)14-9-13(5)10-15(12(3)4)16(14)17(6,7)8;1-16(2,3)15-13-8-4-6-11(13)10-12-7-5-9-14(12)15;1-11(2)13-9-8-10-14(12(3)4)15(13)16(5,6)7;;;/h9-12H,1-8H3;10H,4-9H2,1-3H3;8-12H,1-7H3;3*1H4. The predicted molar refractivity (Wildman–Crippen MR) is 241 cm³/mol. The van der Waals surface area contributed by atoms with Gasteiger partial charge in [0.2, 0.25) is 0 Å². The third kappa shape index (κ3) is 11.8. The molecule has 0 fully saturated rings. The fourth-order valence-corrected chi connectivity index (χ4v) is 8.76. The van der Waals surface area contributed by atoms with Crippen molar-refractivity contribution in [2.45, 2.75) is 225 Å². The molecule has 0 saturated carbocycles. The molecule has 3 aromatic rings. The molecule has 0 saturated heterocycles. The molecule has 0 aromatic heterocycles. The van der Waals surface area contributed by atoms with Crippen molar-refractivity contribution in [3.63, 3.8) is 0 Å². The van der Waals surface area contributed by atoms with E-state index in [1.165, 1.54) is 66.3 Å². The van der Waals surface area contributed by atoms with Crippen molar-refractivity contribution >= 4 is 0 Å². The van der Waals surface area contributed by atoms with Crippen LogP contribution < -0.4 is 0 Å². The third-order valence-electron chi connectivity index (χ3n) is 10.7. The molecule has 0 spiro atoms. The minimum Gasteiger partial charge on any atom is -0.0776 e. The molecular weight excluding hydrogens is 625 g/mol. The van der Waals surface area contributed by atoms with Crippen molar-refractivity contribution in [1.82, 2.24) is 0 Å². The van der Waals surface area contributed by atoms with Crippen LogP contribution in [0, 0.1) is 6.92 Å². The van der Waals surface area contributed by atoms with Crippen LogP contribution in [0.2, 0.25) is 0 Å². The SMILES string of the molecule is C.C.C.CC(C)(C)c1c2c(cc3c1CCC3)CCC2.CC(C)c1cccc(C(C)C)c1C(C)(C)C.Cc1cc(C(C)C)c(C(C)(C)C)c(C(C)C)c1. The first-order valence-corrected chi connectivity index (χ1v) is 19.9. The van der Waals surface area contributed by atoms with E-state index < -0.39 is 0 Å². The highest BCUT2D eigenvalue weighted by Crippen LogP contribution is 2.41. The van der Waals surface area contributed by atoms with Crippen LogP contribution in [-0.2, 0) is 41.9 Å². The molecule has 0 heterocycles. The van der Waals surface area contributed by atoms with Gasteiger partial charge in [0.15, 0.2) is 0 Å². The van der Waals surface area contributed by atoms with Crippen LogP contribution in [0.5, 0.6) is 0 Å². The fraction of sp³-hybridized carbons (Fsp3) is 0.654. The number of hydrogen-bond acceptors (Lipinski definition) is 0. The van der Waals surface area contributed by atoms with E-state index in [0.717, 1.165) is 0 Å². The van der Waals surface area contributed by atoms with Gasteiger partial charge in [-0.15, -0.1) is 0 Å². The molecule has 0 bridgehead atoms. The highest BCUT2D eigenvalue weighted by atomic mass is 14.3. The molecule has 52 heavy (non-hydrogen) atoms. The molecule has 0 N–H and O–H groups in total. The maximum absolute atomic E-state index is 2.53. The van der Waals surface area contributed by atoms with Crippen LogP contribution in [0.3, 0.4) is 0 Å². The Morgan fingerprint density at radius 3 is 1.02 bits per heavy atom. The van der Waals surface area contributed by atoms with Crippen molar-refractivity contribution in [3.05, 3.63) is 103 Å². The normalized spacial score (nSPS) is 13.7. The zero-order valence-electron chi connectivity index (χ0n) is 35.5. The quantitative estimate of drug-likeness (QED) is 0.253. The van der Waals surface area contributed by atoms with Crippen molar-refractivity contribution in [2.24, 2.45) is 0 Å². The van der Waals surface area contributed by atoms with Gasteiger partial charge in [0.05, 0.1) is 0 Å². The Morgan fingerprint density at radius 1 is 0.423 bits per heavy atom. The lowest BCUT2D eigenvalue weighted by molar-refractivity contribution is 0.563. The monoisotopic (exact) mass is 713 g/mol. The smallest absolute Gasteiger partial charge is 0.0126 e. The van der Waals surface area contributed by atoms with E-state index in [9.17, 15) is 0 Å². The molecule has 0 amide bonds. The van der Waals surface area contributed by atoms with Crippen molar-refractivity contribution < 1.29 is 0 Å². The van der Waals surface area contributed by atoms with Crippen molar-refractivity contribution in [3.8, 4) is 0 Å². The Labute approximate surface area is 327 Å². The topological polar surface area (TPSA) is 0 Å². The van der Waals surface area contributed by atoms with Gasteiger partial charge in [-0.3, -0.25) is 0 Å². The lowest BCUT2D eigenvalue weighted by Gasteiger charge is -2.30. The Kier molecular flexibility index (Phi) is 18.4. The summed E-state index contributed by atoms with van der Waals surface area (Å²) in [6, 6.07) is 14.1. The van der Waals surface area contributed by atoms with E-state index in [4.69, 9.17) is 0 Å². The molecule has 2 aliphatic rings. The molecule has 0 nitrogen and oxygen atoms in total. The zero-order valence-corrected chi connectivity index (χ0v) is 35.5. The fourth-order valence-electron chi connectivity index (χ4n) is 8.76. The molecular formula is C52H88. The second-order valence-electron chi connectivity index (χ2n) is 19.7. The van der Waals surface area contributed by atoms with Gasteiger partial charge in [0, 0.05) is 0 Å². The number of aryl methyl sites for hydroxylation is 3. The van der Waals surface area contributed by atoms with Crippen LogP contribution >= 0.6 is 0 Å². The van der Waals surface area contributed by atoms with Gasteiger partial charge in [-0.25, -0.2) is 0 Å². The summed E-state index contributed by atoms with van der Waals surface area (Å²) in [4.78, 5) is 0. The lowest BCUT2D eigenvalue weighted by atomic mass is 9.75. The summed E-state index contributed by atoms with van der Waals surface area (Å²) in [6.45, 7) is 41.7. The van der Waals surface area contributed by atoms with Crippen LogP contribution in [-0.4, -0.2) is 0 Å². The summed E-state index contributed by atoms with van der Waals surface area (Å²) in [5.41, 5.74) is 19.9. The van der Waals surface area contributed by atoms with Gasteiger partial charge in [-0.1, -0.05) is 182 Å². The van der Waals surface area contributed by atoms with Gasteiger partial charge in [-0.2, -0.15) is 0 Å². The Hall–Kier alpha value is -2.34.